The highest BCUT2D eigenvalue weighted by molar-refractivity contribution is 5.99. The Morgan fingerprint density at radius 3 is 2.56 bits per heavy atom. The number of rotatable bonds is 6. The van der Waals surface area contributed by atoms with E-state index in [-0.39, 0.29) is 5.91 Å². The first-order valence-electron chi connectivity index (χ1n) is 8.26. The highest BCUT2D eigenvalue weighted by Gasteiger charge is 2.11. The molecule has 3 rings (SSSR count). The third kappa shape index (κ3) is 4.26. The van der Waals surface area contributed by atoms with Gasteiger partial charge in [-0.05, 0) is 24.6 Å². The molecule has 2 N–H and O–H groups in total. The number of hydrogen-bond acceptors (Lipinski definition) is 3. The smallest absolute Gasteiger partial charge is 0.253 e. The Hall–Kier alpha value is -3.08. The second-order valence-electron chi connectivity index (χ2n) is 6.02. The molecule has 2 aromatic carbocycles. The van der Waals surface area contributed by atoms with Gasteiger partial charge in [-0.1, -0.05) is 42.0 Å². The molecule has 0 saturated carbocycles. The molecule has 5 nitrogen and oxygen atoms in total. The quantitative estimate of drug-likeness (QED) is 0.727. The standard InChI is InChI=1S/C20H22N4O/c1-15-7-9-16(10-8-15)13-23-20(25)17-5-3-4-6-18(17)22-14-19-21-11-12-24(19)2/h3-12,22H,13-14H2,1-2H3,(H,23,25). The third-order valence-electron chi connectivity index (χ3n) is 4.10. The maximum Gasteiger partial charge on any atom is 0.253 e. The van der Waals surface area contributed by atoms with E-state index in [0.29, 0.717) is 18.7 Å². The summed E-state index contributed by atoms with van der Waals surface area (Å²) < 4.78 is 1.95. The summed E-state index contributed by atoms with van der Waals surface area (Å²) in [5.74, 6) is 0.818. The van der Waals surface area contributed by atoms with Crippen molar-refractivity contribution in [3.8, 4) is 0 Å². The van der Waals surface area contributed by atoms with E-state index >= 15 is 0 Å². The van der Waals surface area contributed by atoms with E-state index in [1.165, 1.54) is 5.56 Å². The van der Waals surface area contributed by atoms with E-state index in [1.54, 1.807) is 6.20 Å². The van der Waals surface area contributed by atoms with Gasteiger partial charge < -0.3 is 15.2 Å². The second kappa shape index (κ2) is 7.66. The number of carbonyl (C=O) groups excluding carboxylic acids is 1. The number of anilines is 1. The van der Waals surface area contributed by atoms with Crippen LogP contribution < -0.4 is 10.6 Å². The molecule has 0 aliphatic carbocycles. The summed E-state index contributed by atoms with van der Waals surface area (Å²) in [6.45, 7) is 3.12. The van der Waals surface area contributed by atoms with Crippen LogP contribution in [-0.2, 0) is 20.1 Å². The van der Waals surface area contributed by atoms with E-state index in [0.717, 1.165) is 17.1 Å². The predicted molar refractivity (Wildman–Crippen MR) is 99.3 cm³/mol. The monoisotopic (exact) mass is 334 g/mol. The van der Waals surface area contributed by atoms with Gasteiger partial charge in [-0.15, -0.1) is 0 Å². The molecule has 0 aliphatic heterocycles. The minimum absolute atomic E-state index is 0.0940. The minimum atomic E-state index is -0.0940. The van der Waals surface area contributed by atoms with Crippen LogP contribution in [0.1, 0.15) is 27.3 Å². The number of para-hydroxylation sites is 1. The summed E-state index contributed by atoms with van der Waals surface area (Å²) in [4.78, 5) is 16.9. The third-order valence-corrected chi connectivity index (χ3v) is 4.10. The first-order valence-corrected chi connectivity index (χ1v) is 8.26. The van der Waals surface area contributed by atoms with Gasteiger partial charge in [0.05, 0.1) is 12.1 Å². The maximum atomic E-state index is 12.6. The van der Waals surface area contributed by atoms with Crippen molar-refractivity contribution in [2.45, 2.75) is 20.0 Å². The van der Waals surface area contributed by atoms with E-state index in [1.807, 2.05) is 73.3 Å². The minimum Gasteiger partial charge on any atom is -0.377 e. The molecule has 0 bridgehead atoms. The lowest BCUT2D eigenvalue weighted by Gasteiger charge is -2.12. The zero-order valence-corrected chi connectivity index (χ0v) is 14.5. The molecule has 0 radical (unpaired) electrons. The number of aromatic nitrogens is 2. The lowest BCUT2D eigenvalue weighted by Crippen LogP contribution is -2.24. The van der Waals surface area contributed by atoms with Crippen LogP contribution in [0.25, 0.3) is 0 Å². The van der Waals surface area contributed by atoms with Crippen molar-refractivity contribution in [3.63, 3.8) is 0 Å². The van der Waals surface area contributed by atoms with Gasteiger partial charge in [-0.25, -0.2) is 4.98 Å². The van der Waals surface area contributed by atoms with Crippen LogP contribution in [0.2, 0.25) is 0 Å². The van der Waals surface area contributed by atoms with Crippen molar-refractivity contribution in [2.75, 3.05) is 5.32 Å². The van der Waals surface area contributed by atoms with Gasteiger partial charge in [-0.2, -0.15) is 0 Å². The molecule has 3 aromatic rings. The van der Waals surface area contributed by atoms with Crippen LogP contribution in [0.5, 0.6) is 0 Å². The van der Waals surface area contributed by atoms with Crippen LogP contribution in [0.4, 0.5) is 5.69 Å². The zero-order chi connectivity index (χ0) is 17.6. The van der Waals surface area contributed by atoms with Gasteiger partial charge in [0.1, 0.15) is 5.82 Å². The first-order chi connectivity index (χ1) is 12.1. The first kappa shape index (κ1) is 16.8. The summed E-state index contributed by atoms with van der Waals surface area (Å²) in [6, 6.07) is 15.7. The van der Waals surface area contributed by atoms with Crippen molar-refractivity contribution in [2.24, 2.45) is 7.05 Å². The van der Waals surface area contributed by atoms with Crippen molar-refractivity contribution >= 4 is 11.6 Å². The van der Waals surface area contributed by atoms with E-state index in [9.17, 15) is 4.79 Å². The summed E-state index contributed by atoms with van der Waals surface area (Å²) in [6.07, 6.45) is 3.66. The Kier molecular flexibility index (Phi) is 5.14. The predicted octanol–water partition coefficient (Wildman–Crippen LogP) is 3.27. The lowest BCUT2D eigenvalue weighted by molar-refractivity contribution is 0.0951. The average Bonchev–Trinajstić information content (AvgIpc) is 3.04. The highest BCUT2D eigenvalue weighted by atomic mass is 16.1. The Labute approximate surface area is 147 Å². The van der Waals surface area contributed by atoms with Crippen LogP contribution in [0.3, 0.4) is 0 Å². The average molecular weight is 334 g/mol. The molecule has 5 heteroatoms. The number of imidazole rings is 1. The molecular formula is C20H22N4O. The number of nitrogens with one attached hydrogen (secondary N) is 2. The molecule has 0 saturated heterocycles. The molecule has 0 spiro atoms. The van der Waals surface area contributed by atoms with E-state index < -0.39 is 0 Å². The van der Waals surface area contributed by atoms with Gasteiger partial charge in [0.25, 0.3) is 5.91 Å². The van der Waals surface area contributed by atoms with Gasteiger partial charge in [0, 0.05) is 31.7 Å². The number of benzene rings is 2. The number of hydrogen-bond donors (Lipinski definition) is 2. The van der Waals surface area contributed by atoms with E-state index in [2.05, 4.69) is 15.6 Å². The summed E-state index contributed by atoms with van der Waals surface area (Å²) >= 11 is 0. The van der Waals surface area contributed by atoms with E-state index in [4.69, 9.17) is 0 Å². The second-order valence-corrected chi connectivity index (χ2v) is 6.02. The molecule has 1 amide bonds. The van der Waals surface area contributed by atoms with Crippen LogP contribution in [-0.4, -0.2) is 15.5 Å². The fraction of sp³-hybridized carbons (Fsp3) is 0.200. The number of aryl methyl sites for hydroxylation is 2. The van der Waals surface area contributed by atoms with Crippen LogP contribution in [0, 0.1) is 6.92 Å². The molecule has 1 aromatic heterocycles. The topological polar surface area (TPSA) is 59.0 Å². The summed E-state index contributed by atoms with van der Waals surface area (Å²) in [7, 11) is 1.95. The van der Waals surface area contributed by atoms with Crippen molar-refractivity contribution in [3.05, 3.63) is 83.4 Å². The lowest BCUT2D eigenvalue weighted by atomic mass is 10.1. The highest BCUT2D eigenvalue weighted by Crippen LogP contribution is 2.16. The molecule has 0 fully saturated rings. The molecule has 0 atom stereocenters. The molecule has 0 unspecified atom stereocenters. The Bertz CT molecular complexity index is 852. The summed E-state index contributed by atoms with van der Waals surface area (Å²) in [5.41, 5.74) is 3.71. The van der Waals surface area contributed by atoms with Crippen molar-refractivity contribution in [1.29, 1.82) is 0 Å². The van der Waals surface area contributed by atoms with Crippen molar-refractivity contribution in [1.82, 2.24) is 14.9 Å². The van der Waals surface area contributed by atoms with Gasteiger partial charge in [0.15, 0.2) is 0 Å². The Morgan fingerprint density at radius 2 is 1.84 bits per heavy atom. The number of amides is 1. The molecule has 25 heavy (non-hydrogen) atoms. The molecule has 128 valence electrons. The Morgan fingerprint density at radius 1 is 1.08 bits per heavy atom. The van der Waals surface area contributed by atoms with Crippen LogP contribution >= 0.6 is 0 Å². The normalized spacial score (nSPS) is 10.5. The summed E-state index contributed by atoms with van der Waals surface area (Å²) in [5, 5.41) is 6.28. The number of carbonyl (C=O) groups is 1. The number of nitrogens with zero attached hydrogens (tertiary/aromatic N) is 2. The largest absolute Gasteiger partial charge is 0.377 e. The SMILES string of the molecule is Cc1ccc(CNC(=O)c2ccccc2NCc2nccn2C)cc1. The molecular weight excluding hydrogens is 312 g/mol. The zero-order valence-electron chi connectivity index (χ0n) is 14.5. The van der Waals surface area contributed by atoms with Crippen LogP contribution in [0.15, 0.2) is 60.9 Å². The molecule has 1 heterocycles. The van der Waals surface area contributed by atoms with Gasteiger partial charge in [-0.3, -0.25) is 4.79 Å². The Balaban J connectivity index is 1.65. The molecule has 0 aliphatic rings. The van der Waals surface area contributed by atoms with Gasteiger partial charge in [0.2, 0.25) is 0 Å². The fourth-order valence-electron chi connectivity index (χ4n) is 2.56. The van der Waals surface area contributed by atoms with Gasteiger partial charge >= 0.3 is 0 Å². The maximum absolute atomic E-state index is 12.6. The fourth-order valence-corrected chi connectivity index (χ4v) is 2.56. The van der Waals surface area contributed by atoms with Crippen molar-refractivity contribution < 1.29 is 4.79 Å².